The molecule has 0 radical (unpaired) electrons. The van der Waals surface area contributed by atoms with Crippen LogP contribution in [0.5, 0.6) is 0 Å². The molecule has 0 aromatic rings. The molecule has 1 heterocycles. The number of hydrogen-bond acceptors (Lipinski definition) is 3. The molecule has 1 aliphatic heterocycles. The lowest BCUT2D eigenvalue weighted by molar-refractivity contribution is -0.143. The van der Waals surface area contributed by atoms with Gasteiger partial charge in [0.25, 0.3) is 0 Å². The summed E-state index contributed by atoms with van der Waals surface area (Å²) in [5.41, 5.74) is 5.54. The van der Waals surface area contributed by atoms with Crippen LogP contribution in [0.4, 0.5) is 0 Å². The van der Waals surface area contributed by atoms with Crippen LogP contribution < -0.4 is 5.73 Å². The molecule has 0 spiro atoms. The van der Waals surface area contributed by atoms with Crippen LogP contribution in [0.25, 0.3) is 0 Å². The van der Waals surface area contributed by atoms with Gasteiger partial charge >= 0.3 is 0 Å². The Morgan fingerprint density at radius 2 is 2.20 bits per heavy atom. The van der Waals surface area contributed by atoms with Gasteiger partial charge in [0.05, 0.1) is 12.7 Å². The lowest BCUT2D eigenvalue weighted by Crippen LogP contribution is -2.49. The zero-order valence-electron chi connectivity index (χ0n) is 9.74. The highest BCUT2D eigenvalue weighted by Crippen LogP contribution is 2.14. The van der Waals surface area contributed by atoms with Crippen molar-refractivity contribution in [2.24, 2.45) is 11.7 Å². The van der Waals surface area contributed by atoms with Crippen LogP contribution in [-0.2, 0) is 9.53 Å². The van der Waals surface area contributed by atoms with Crippen molar-refractivity contribution in [3.05, 3.63) is 0 Å². The SMILES string of the molecule is CCC(CC)C(=O)N1CCOC(CN)C1. The van der Waals surface area contributed by atoms with E-state index in [1.807, 2.05) is 4.90 Å². The number of nitrogens with zero attached hydrogens (tertiary/aromatic N) is 1. The summed E-state index contributed by atoms with van der Waals surface area (Å²) in [4.78, 5) is 14.0. The average molecular weight is 214 g/mol. The van der Waals surface area contributed by atoms with Crippen LogP contribution in [0.15, 0.2) is 0 Å². The van der Waals surface area contributed by atoms with Crippen molar-refractivity contribution < 1.29 is 9.53 Å². The quantitative estimate of drug-likeness (QED) is 0.746. The molecule has 0 aliphatic carbocycles. The number of morpholine rings is 1. The van der Waals surface area contributed by atoms with Crippen molar-refractivity contribution in [1.29, 1.82) is 0 Å². The maximum Gasteiger partial charge on any atom is 0.225 e. The van der Waals surface area contributed by atoms with Crippen molar-refractivity contribution in [3.63, 3.8) is 0 Å². The Morgan fingerprint density at radius 3 is 2.73 bits per heavy atom. The molecule has 0 saturated carbocycles. The summed E-state index contributed by atoms with van der Waals surface area (Å²) in [6.45, 7) is 6.61. The maximum absolute atomic E-state index is 12.1. The Balaban J connectivity index is 2.51. The number of hydrogen-bond donors (Lipinski definition) is 1. The molecule has 1 aliphatic rings. The molecule has 0 aromatic carbocycles. The van der Waals surface area contributed by atoms with Gasteiger partial charge in [0, 0.05) is 25.6 Å². The van der Waals surface area contributed by atoms with Crippen molar-refractivity contribution in [1.82, 2.24) is 4.90 Å². The summed E-state index contributed by atoms with van der Waals surface area (Å²) < 4.78 is 5.44. The van der Waals surface area contributed by atoms with E-state index in [1.165, 1.54) is 0 Å². The predicted molar refractivity (Wildman–Crippen MR) is 59.4 cm³/mol. The molecule has 4 nitrogen and oxygen atoms in total. The average Bonchev–Trinajstić information content (AvgIpc) is 2.30. The molecule has 4 heteroatoms. The van der Waals surface area contributed by atoms with E-state index in [4.69, 9.17) is 10.5 Å². The fraction of sp³-hybridized carbons (Fsp3) is 0.909. The van der Waals surface area contributed by atoms with Gasteiger partial charge < -0.3 is 15.4 Å². The zero-order chi connectivity index (χ0) is 11.3. The molecular weight excluding hydrogens is 192 g/mol. The first-order valence-electron chi connectivity index (χ1n) is 5.83. The summed E-state index contributed by atoms with van der Waals surface area (Å²) in [5, 5.41) is 0. The minimum absolute atomic E-state index is 0.0251. The van der Waals surface area contributed by atoms with Gasteiger partial charge in [0.2, 0.25) is 5.91 Å². The maximum atomic E-state index is 12.1. The largest absolute Gasteiger partial charge is 0.373 e. The van der Waals surface area contributed by atoms with Crippen LogP contribution in [0.2, 0.25) is 0 Å². The van der Waals surface area contributed by atoms with Crippen molar-refractivity contribution in [3.8, 4) is 0 Å². The highest BCUT2D eigenvalue weighted by molar-refractivity contribution is 5.78. The summed E-state index contributed by atoms with van der Waals surface area (Å²) in [5.74, 6) is 0.434. The molecule has 1 amide bonds. The molecule has 0 bridgehead atoms. The lowest BCUT2D eigenvalue weighted by atomic mass is 10.0. The van der Waals surface area contributed by atoms with Crippen LogP contribution in [-0.4, -0.2) is 43.2 Å². The second-order valence-corrected chi connectivity index (χ2v) is 4.03. The number of carbonyl (C=O) groups excluding carboxylic acids is 1. The highest BCUT2D eigenvalue weighted by Gasteiger charge is 2.26. The Bertz CT molecular complexity index is 205. The summed E-state index contributed by atoms with van der Waals surface area (Å²) in [6, 6.07) is 0. The van der Waals surface area contributed by atoms with Crippen LogP contribution in [0, 0.1) is 5.92 Å². The number of carbonyl (C=O) groups is 1. The van der Waals surface area contributed by atoms with Gasteiger partial charge in [-0.15, -0.1) is 0 Å². The number of ether oxygens (including phenoxy) is 1. The Labute approximate surface area is 91.8 Å². The lowest BCUT2D eigenvalue weighted by Gasteiger charge is -2.34. The molecule has 15 heavy (non-hydrogen) atoms. The van der Waals surface area contributed by atoms with Crippen molar-refractivity contribution in [2.75, 3.05) is 26.2 Å². The van der Waals surface area contributed by atoms with E-state index in [-0.39, 0.29) is 17.9 Å². The Kier molecular flexibility index (Phi) is 5.05. The predicted octanol–water partition coefficient (Wildman–Crippen LogP) is 0.609. The normalized spacial score (nSPS) is 22.1. The first kappa shape index (κ1) is 12.5. The molecule has 1 rings (SSSR count). The number of amides is 1. The van der Waals surface area contributed by atoms with Gasteiger partial charge in [-0.1, -0.05) is 13.8 Å². The molecule has 88 valence electrons. The van der Waals surface area contributed by atoms with E-state index in [1.54, 1.807) is 0 Å². The van der Waals surface area contributed by atoms with Crippen LogP contribution in [0.1, 0.15) is 26.7 Å². The first-order valence-corrected chi connectivity index (χ1v) is 5.83. The molecule has 1 atom stereocenters. The van der Waals surface area contributed by atoms with Crippen LogP contribution in [0.3, 0.4) is 0 Å². The third-order valence-corrected chi connectivity index (χ3v) is 3.05. The smallest absolute Gasteiger partial charge is 0.225 e. The van der Waals surface area contributed by atoms with E-state index in [9.17, 15) is 4.79 Å². The summed E-state index contributed by atoms with van der Waals surface area (Å²) in [6.07, 6.45) is 1.86. The number of rotatable bonds is 4. The van der Waals surface area contributed by atoms with E-state index < -0.39 is 0 Å². The number of nitrogens with two attached hydrogens (primary N) is 1. The van der Waals surface area contributed by atoms with E-state index in [0.717, 1.165) is 12.8 Å². The van der Waals surface area contributed by atoms with Gasteiger partial charge in [0.15, 0.2) is 0 Å². The van der Waals surface area contributed by atoms with Gasteiger partial charge in [-0.25, -0.2) is 0 Å². The second kappa shape index (κ2) is 6.08. The molecule has 1 fully saturated rings. The van der Waals surface area contributed by atoms with E-state index in [0.29, 0.717) is 26.2 Å². The minimum atomic E-state index is 0.0251. The van der Waals surface area contributed by atoms with Gasteiger partial charge in [-0.3, -0.25) is 4.79 Å². The Morgan fingerprint density at radius 1 is 1.53 bits per heavy atom. The Hall–Kier alpha value is -0.610. The second-order valence-electron chi connectivity index (χ2n) is 4.03. The van der Waals surface area contributed by atoms with Crippen molar-refractivity contribution >= 4 is 5.91 Å². The zero-order valence-corrected chi connectivity index (χ0v) is 9.74. The fourth-order valence-electron chi connectivity index (χ4n) is 1.96. The molecule has 1 unspecified atom stereocenters. The summed E-state index contributed by atoms with van der Waals surface area (Å²) in [7, 11) is 0. The van der Waals surface area contributed by atoms with E-state index >= 15 is 0 Å². The highest BCUT2D eigenvalue weighted by atomic mass is 16.5. The fourth-order valence-corrected chi connectivity index (χ4v) is 1.96. The standard InChI is InChI=1S/C11H22N2O2/c1-3-9(4-2)11(14)13-5-6-15-10(7-12)8-13/h9-10H,3-8,12H2,1-2H3. The minimum Gasteiger partial charge on any atom is -0.373 e. The third kappa shape index (κ3) is 3.18. The third-order valence-electron chi connectivity index (χ3n) is 3.05. The van der Waals surface area contributed by atoms with Gasteiger partial charge in [-0.05, 0) is 12.8 Å². The van der Waals surface area contributed by atoms with Crippen LogP contribution >= 0.6 is 0 Å². The summed E-state index contributed by atoms with van der Waals surface area (Å²) >= 11 is 0. The van der Waals surface area contributed by atoms with E-state index in [2.05, 4.69) is 13.8 Å². The monoisotopic (exact) mass is 214 g/mol. The van der Waals surface area contributed by atoms with Gasteiger partial charge in [0.1, 0.15) is 0 Å². The first-order chi connectivity index (χ1) is 7.22. The molecular formula is C11H22N2O2. The van der Waals surface area contributed by atoms with Crippen molar-refractivity contribution in [2.45, 2.75) is 32.8 Å². The molecule has 2 N–H and O–H groups in total. The van der Waals surface area contributed by atoms with Gasteiger partial charge in [-0.2, -0.15) is 0 Å². The topological polar surface area (TPSA) is 55.6 Å². The molecule has 1 saturated heterocycles. The molecule has 0 aromatic heterocycles.